The molecule has 0 saturated heterocycles. The lowest BCUT2D eigenvalue weighted by Crippen LogP contribution is -2.28. The molecule has 18 heavy (non-hydrogen) atoms. The van der Waals surface area contributed by atoms with Gasteiger partial charge in [0.1, 0.15) is 5.82 Å². The first-order chi connectivity index (χ1) is 8.65. The second-order valence-corrected chi connectivity index (χ2v) is 5.01. The highest BCUT2D eigenvalue weighted by Crippen LogP contribution is 2.13. The monoisotopic (exact) mass is 246 g/mol. The summed E-state index contributed by atoms with van der Waals surface area (Å²) in [6.45, 7) is 5.15. The highest BCUT2D eigenvalue weighted by Gasteiger charge is 2.02. The molecule has 0 radical (unpaired) electrons. The minimum atomic E-state index is 0.946. The smallest absolute Gasteiger partial charge is 0.108 e. The van der Waals surface area contributed by atoms with E-state index in [1.807, 2.05) is 0 Å². The first-order valence-corrected chi connectivity index (χ1v) is 6.46. The number of aryl methyl sites for hydroxylation is 1. The van der Waals surface area contributed by atoms with Gasteiger partial charge in [0.05, 0.1) is 11.0 Å². The van der Waals surface area contributed by atoms with Crippen molar-refractivity contribution in [1.82, 2.24) is 20.2 Å². The topological polar surface area (TPSA) is 44.0 Å². The van der Waals surface area contributed by atoms with Crippen LogP contribution in [0.4, 0.5) is 0 Å². The van der Waals surface area contributed by atoms with Gasteiger partial charge in [0.2, 0.25) is 0 Å². The number of aromatic nitrogens is 2. The Morgan fingerprint density at radius 3 is 2.89 bits per heavy atom. The fourth-order valence-corrected chi connectivity index (χ4v) is 1.93. The van der Waals surface area contributed by atoms with E-state index < -0.39 is 0 Å². The van der Waals surface area contributed by atoms with Gasteiger partial charge in [-0.15, -0.1) is 0 Å². The highest BCUT2D eigenvalue weighted by atomic mass is 15.1. The van der Waals surface area contributed by atoms with E-state index in [1.165, 1.54) is 5.56 Å². The summed E-state index contributed by atoms with van der Waals surface area (Å²) in [4.78, 5) is 10.1. The Kier molecular flexibility index (Phi) is 4.33. The molecule has 2 N–H and O–H groups in total. The Hall–Kier alpha value is -1.39. The van der Waals surface area contributed by atoms with E-state index in [9.17, 15) is 0 Å². The molecule has 0 aliphatic heterocycles. The predicted octanol–water partition coefficient (Wildman–Crippen LogP) is 1.57. The third-order valence-electron chi connectivity index (χ3n) is 2.96. The number of hydrogen-bond acceptors (Lipinski definition) is 3. The number of aromatic amines is 1. The Balaban J connectivity index is 1.84. The van der Waals surface area contributed by atoms with Gasteiger partial charge in [0.15, 0.2) is 0 Å². The Morgan fingerprint density at radius 1 is 1.28 bits per heavy atom. The fraction of sp³-hybridized carbons (Fsp3) is 0.500. The van der Waals surface area contributed by atoms with E-state index in [4.69, 9.17) is 0 Å². The number of likely N-dealkylation sites (N-methyl/N-ethyl adjacent to an activating group) is 1. The highest BCUT2D eigenvalue weighted by molar-refractivity contribution is 5.75. The van der Waals surface area contributed by atoms with E-state index in [1.54, 1.807) is 0 Å². The third-order valence-corrected chi connectivity index (χ3v) is 2.96. The van der Waals surface area contributed by atoms with Crippen molar-refractivity contribution < 1.29 is 0 Å². The standard InChI is InChI=1S/C14H22N4/c1-11-4-5-12-13(10-11)17-14(16-12)6-7-15-8-9-18(2)3/h4-5,10,15H,6-9H2,1-3H3,(H,16,17). The number of nitrogens with one attached hydrogen (secondary N) is 2. The lowest BCUT2D eigenvalue weighted by atomic mass is 10.2. The van der Waals surface area contributed by atoms with Gasteiger partial charge in [-0.25, -0.2) is 4.98 Å². The molecular formula is C14H22N4. The largest absolute Gasteiger partial charge is 0.342 e. The van der Waals surface area contributed by atoms with E-state index in [-0.39, 0.29) is 0 Å². The van der Waals surface area contributed by atoms with Crippen molar-refractivity contribution in [3.05, 3.63) is 29.6 Å². The average molecular weight is 246 g/mol. The lowest BCUT2D eigenvalue weighted by molar-refractivity contribution is 0.400. The van der Waals surface area contributed by atoms with Gasteiger partial charge in [0, 0.05) is 26.1 Å². The number of H-pyrrole nitrogens is 1. The van der Waals surface area contributed by atoms with Gasteiger partial charge in [-0.1, -0.05) is 6.07 Å². The molecule has 1 heterocycles. The molecule has 1 aromatic heterocycles. The molecule has 0 saturated carbocycles. The van der Waals surface area contributed by atoms with Gasteiger partial charge in [-0.2, -0.15) is 0 Å². The summed E-state index contributed by atoms with van der Waals surface area (Å²) in [5.74, 6) is 1.06. The van der Waals surface area contributed by atoms with Crippen LogP contribution in [-0.4, -0.2) is 48.6 Å². The molecule has 98 valence electrons. The number of imidazole rings is 1. The summed E-state index contributed by atoms with van der Waals surface area (Å²) < 4.78 is 0. The van der Waals surface area contributed by atoms with Crippen molar-refractivity contribution >= 4 is 11.0 Å². The van der Waals surface area contributed by atoms with Gasteiger partial charge in [0.25, 0.3) is 0 Å². The van der Waals surface area contributed by atoms with Gasteiger partial charge in [-0.05, 0) is 38.7 Å². The molecular weight excluding hydrogens is 224 g/mol. The molecule has 1 aromatic carbocycles. The number of nitrogens with zero attached hydrogens (tertiary/aromatic N) is 2. The molecule has 0 amide bonds. The maximum Gasteiger partial charge on any atom is 0.108 e. The van der Waals surface area contributed by atoms with Crippen molar-refractivity contribution in [2.24, 2.45) is 0 Å². The first kappa shape index (κ1) is 13.1. The van der Waals surface area contributed by atoms with Crippen molar-refractivity contribution in [2.45, 2.75) is 13.3 Å². The summed E-state index contributed by atoms with van der Waals surface area (Å²) in [6, 6.07) is 6.32. The van der Waals surface area contributed by atoms with Crippen molar-refractivity contribution in [3.63, 3.8) is 0 Å². The summed E-state index contributed by atoms with van der Waals surface area (Å²) >= 11 is 0. The van der Waals surface area contributed by atoms with E-state index in [2.05, 4.69) is 59.4 Å². The summed E-state index contributed by atoms with van der Waals surface area (Å²) in [6.07, 6.45) is 0.946. The fourth-order valence-electron chi connectivity index (χ4n) is 1.93. The molecule has 0 atom stereocenters. The molecule has 0 aliphatic rings. The van der Waals surface area contributed by atoms with Crippen LogP contribution in [-0.2, 0) is 6.42 Å². The quantitative estimate of drug-likeness (QED) is 0.760. The number of fused-ring (bicyclic) bond motifs is 1. The van der Waals surface area contributed by atoms with Crippen LogP contribution >= 0.6 is 0 Å². The van der Waals surface area contributed by atoms with Crippen LogP contribution in [0.5, 0.6) is 0 Å². The van der Waals surface area contributed by atoms with E-state index >= 15 is 0 Å². The molecule has 4 nitrogen and oxygen atoms in total. The van der Waals surface area contributed by atoms with Crippen LogP contribution in [0.1, 0.15) is 11.4 Å². The van der Waals surface area contributed by atoms with Crippen LogP contribution in [0.2, 0.25) is 0 Å². The number of rotatable bonds is 6. The van der Waals surface area contributed by atoms with Crippen LogP contribution in [0, 0.1) is 6.92 Å². The molecule has 0 spiro atoms. The Labute approximate surface area is 108 Å². The number of benzene rings is 1. The van der Waals surface area contributed by atoms with Gasteiger partial charge < -0.3 is 15.2 Å². The zero-order chi connectivity index (χ0) is 13.0. The second kappa shape index (κ2) is 5.98. The maximum atomic E-state index is 4.58. The van der Waals surface area contributed by atoms with Crippen molar-refractivity contribution in [3.8, 4) is 0 Å². The molecule has 0 aliphatic carbocycles. The van der Waals surface area contributed by atoms with Gasteiger partial charge in [-0.3, -0.25) is 0 Å². The molecule has 4 heteroatoms. The maximum absolute atomic E-state index is 4.58. The zero-order valence-electron chi connectivity index (χ0n) is 11.5. The molecule has 0 bridgehead atoms. The minimum Gasteiger partial charge on any atom is -0.342 e. The van der Waals surface area contributed by atoms with E-state index in [0.29, 0.717) is 0 Å². The summed E-state index contributed by atoms with van der Waals surface area (Å²) in [7, 11) is 4.17. The Bertz CT molecular complexity index is 501. The first-order valence-electron chi connectivity index (χ1n) is 6.46. The van der Waals surface area contributed by atoms with Crippen molar-refractivity contribution in [2.75, 3.05) is 33.7 Å². The summed E-state index contributed by atoms with van der Waals surface area (Å²) in [5.41, 5.74) is 3.46. The molecule has 0 unspecified atom stereocenters. The minimum absolute atomic E-state index is 0.946. The SMILES string of the molecule is Cc1ccc2nc(CCNCCN(C)C)[nH]c2c1. The van der Waals surface area contributed by atoms with Crippen LogP contribution in [0.25, 0.3) is 11.0 Å². The average Bonchev–Trinajstić information content (AvgIpc) is 2.70. The van der Waals surface area contributed by atoms with E-state index in [0.717, 1.165) is 42.9 Å². The Morgan fingerprint density at radius 2 is 2.11 bits per heavy atom. The second-order valence-electron chi connectivity index (χ2n) is 5.01. The molecule has 2 aromatic rings. The lowest BCUT2D eigenvalue weighted by Gasteiger charge is -2.09. The zero-order valence-corrected chi connectivity index (χ0v) is 11.5. The molecule has 2 rings (SSSR count). The number of hydrogen-bond donors (Lipinski definition) is 2. The normalized spacial score (nSPS) is 11.6. The predicted molar refractivity (Wildman–Crippen MR) is 76.0 cm³/mol. The van der Waals surface area contributed by atoms with Crippen LogP contribution in [0.15, 0.2) is 18.2 Å². The third kappa shape index (κ3) is 3.55. The summed E-state index contributed by atoms with van der Waals surface area (Å²) in [5, 5.41) is 3.42. The van der Waals surface area contributed by atoms with Gasteiger partial charge >= 0.3 is 0 Å². The van der Waals surface area contributed by atoms with Crippen LogP contribution in [0.3, 0.4) is 0 Å². The van der Waals surface area contributed by atoms with Crippen molar-refractivity contribution in [1.29, 1.82) is 0 Å². The van der Waals surface area contributed by atoms with Crippen LogP contribution < -0.4 is 5.32 Å². The molecule has 0 fully saturated rings.